The van der Waals surface area contributed by atoms with Crippen LogP contribution in [-0.4, -0.2) is 24.4 Å². The monoisotopic (exact) mass is 356 g/mol. The number of fused-ring (bicyclic) bond motifs is 2. The van der Waals surface area contributed by atoms with Crippen LogP contribution in [0.4, 0.5) is 28.9 Å². The molecule has 1 unspecified atom stereocenters. The van der Waals surface area contributed by atoms with Crippen molar-refractivity contribution in [2.24, 2.45) is 0 Å². The molecule has 0 amide bonds. The molecular weight excluding hydrogens is 340 g/mol. The number of aromatic amines is 1. The van der Waals surface area contributed by atoms with Crippen molar-refractivity contribution < 1.29 is 22.3 Å². The molecule has 0 aliphatic carbocycles. The molecule has 0 fully saturated rings. The van der Waals surface area contributed by atoms with Gasteiger partial charge in [0.25, 0.3) is 5.56 Å². The zero-order chi connectivity index (χ0) is 18.2. The fraction of sp³-hybridized carbons (Fsp3) is 0.353. The van der Waals surface area contributed by atoms with E-state index in [-0.39, 0.29) is 35.7 Å². The van der Waals surface area contributed by atoms with Crippen LogP contribution in [-0.2, 0) is 10.2 Å². The third-order valence-corrected chi connectivity index (χ3v) is 4.43. The van der Waals surface area contributed by atoms with Crippen molar-refractivity contribution in [3.05, 3.63) is 57.8 Å². The predicted molar refractivity (Wildman–Crippen MR) is 84.7 cm³/mol. The zero-order valence-corrected chi connectivity index (χ0v) is 13.3. The van der Waals surface area contributed by atoms with Crippen molar-refractivity contribution in [1.82, 2.24) is 4.98 Å². The van der Waals surface area contributed by atoms with E-state index < -0.39 is 29.4 Å². The van der Waals surface area contributed by atoms with Crippen LogP contribution >= 0.6 is 0 Å². The fourth-order valence-corrected chi connectivity index (χ4v) is 3.30. The second kappa shape index (κ2) is 6.18. The molecular formula is C17H16F4N2O2. The molecule has 4 nitrogen and oxygen atoms in total. The zero-order valence-electron chi connectivity index (χ0n) is 13.3. The number of alkyl halides is 3. The molecule has 3 rings (SSSR count). The van der Waals surface area contributed by atoms with Crippen molar-refractivity contribution in [3.63, 3.8) is 0 Å². The average Bonchev–Trinajstić information content (AvgIpc) is 2.54. The topological polar surface area (TPSA) is 54.1 Å². The molecule has 2 N–H and O–H groups in total. The Labute approximate surface area is 140 Å². The van der Waals surface area contributed by atoms with Crippen LogP contribution in [0, 0.1) is 5.82 Å². The first-order chi connectivity index (χ1) is 11.8. The van der Waals surface area contributed by atoms with E-state index >= 15 is 0 Å². The molecule has 2 heterocycles. The maximum absolute atomic E-state index is 14.3. The van der Waals surface area contributed by atoms with E-state index in [1.807, 2.05) is 0 Å². The van der Waals surface area contributed by atoms with E-state index in [9.17, 15) is 22.4 Å². The molecule has 0 saturated carbocycles. The van der Waals surface area contributed by atoms with Gasteiger partial charge in [-0.05, 0) is 43.2 Å². The molecule has 0 saturated heterocycles. The van der Waals surface area contributed by atoms with Crippen molar-refractivity contribution in [2.75, 3.05) is 18.5 Å². The number of halogens is 4. The van der Waals surface area contributed by atoms with E-state index in [0.717, 1.165) is 18.3 Å². The summed E-state index contributed by atoms with van der Waals surface area (Å²) in [6.45, 7) is 1.75. The highest BCUT2D eigenvalue weighted by Gasteiger charge is 2.60. The summed E-state index contributed by atoms with van der Waals surface area (Å²) in [4.78, 5) is 14.5. The standard InChI is InChI=1S/C17H16F4N2O2/c1-2-25-8-6-16(17(19,20)21)11-5-7-22-15(24)14(11)23-13-4-3-10(18)9-12(13)16/h3-5,7,9,23H,2,6,8H2,1H3,(H,22,24). The number of hydrogen-bond acceptors (Lipinski definition) is 3. The average molecular weight is 356 g/mol. The lowest BCUT2D eigenvalue weighted by Crippen LogP contribution is -2.48. The van der Waals surface area contributed by atoms with Crippen LogP contribution < -0.4 is 10.9 Å². The minimum Gasteiger partial charge on any atom is -0.382 e. The van der Waals surface area contributed by atoms with Gasteiger partial charge in [-0.3, -0.25) is 4.79 Å². The Morgan fingerprint density at radius 3 is 2.64 bits per heavy atom. The maximum atomic E-state index is 14.3. The van der Waals surface area contributed by atoms with Gasteiger partial charge in [0.2, 0.25) is 0 Å². The molecule has 25 heavy (non-hydrogen) atoms. The molecule has 1 aromatic heterocycles. The summed E-state index contributed by atoms with van der Waals surface area (Å²) < 4.78 is 61.9. The quantitative estimate of drug-likeness (QED) is 0.646. The Bertz CT molecular complexity index is 847. The summed E-state index contributed by atoms with van der Waals surface area (Å²) in [6.07, 6.45) is -4.05. The van der Waals surface area contributed by atoms with Gasteiger partial charge < -0.3 is 15.0 Å². The van der Waals surface area contributed by atoms with E-state index in [1.54, 1.807) is 6.92 Å². The lowest BCUT2D eigenvalue weighted by Gasteiger charge is -2.41. The summed E-state index contributed by atoms with van der Waals surface area (Å²) in [7, 11) is 0. The highest BCUT2D eigenvalue weighted by molar-refractivity contribution is 5.75. The molecule has 8 heteroatoms. The Morgan fingerprint density at radius 1 is 1.20 bits per heavy atom. The third kappa shape index (κ3) is 2.70. The second-order valence-corrected chi connectivity index (χ2v) is 5.76. The minimum atomic E-state index is -4.75. The number of ether oxygens (including phenoxy) is 1. The first-order valence-corrected chi connectivity index (χ1v) is 7.75. The van der Waals surface area contributed by atoms with E-state index in [0.29, 0.717) is 0 Å². The van der Waals surface area contributed by atoms with Crippen LogP contribution in [0.15, 0.2) is 35.3 Å². The Morgan fingerprint density at radius 2 is 1.96 bits per heavy atom. The normalized spacial score (nSPS) is 19.1. The minimum absolute atomic E-state index is 0.0550. The van der Waals surface area contributed by atoms with Crippen LogP contribution in [0.5, 0.6) is 0 Å². The van der Waals surface area contributed by atoms with Gasteiger partial charge in [-0.2, -0.15) is 13.2 Å². The largest absolute Gasteiger partial charge is 0.402 e. The van der Waals surface area contributed by atoms with Gasteiger partial charge in [-0.15, -0.1) is 0 Å². The summed E-state index contributed by atoms with van der Waals surface area (Å²) in [5.74, 6) is -0.779. The van der Waals surface area contributed by atoms with Crippen molar-refractivity contribution >= 4 is 11.4 Å². The number of H-pyrrole nitrogens is 1. The number of pyridine rings is 1. The van der Waals surface area contributed by atoms with Gasteiger partial charge in [0, 0.05) is 30.7 Å². The first-order valence-electron chi connectivity index (χ1n) is 7.75. The molecule has 1 atom stereocenters. The Kier molecular flexibility index (Phi) is 4.32. The van der Waals surface area contributed by atoms with Crippen LogP contribution in [0.3, 0.4) is 0 Å². The molecule has 1 aliphatic rings. The molecule has 134 valence electrons. The third-order valence-electron chi connectivity index (χ3n) is 4.43. The summed E-state index contributed by atoms with van der Waals surface area (Å²) in [5.41, 5.74) is -3.82. The van der Waals surface area contributed by atoms with Crippen LogP contribution in [0.25, 0.3) is 0 Å². The highest BCUT2D eigenvalue weighted by atomic mass is 19.4. The van der Waals surface area contributed by atoms with Crippen molar-refractivity contribution in [1.29, 1.82) is 0 Å². The van der Waals surface area contributed by atoms with Gasteiger partial charge in [0.05, 0.1) is 0 Å². The fourth-order valence-electron chi connectivity index (χ4n) is 3.30. The van der Waals surface area contributed by atoms with Gasteiger partial charge in [0.1, 0.15) is 16.9 Å². The molecule has 2 aromatic rings. The Balaban J connectivity index is 2.33. The number of rotatable bonds is 4. The van der Waals surface area contributed by atoms with E-state index in [4.69, 9.17) is 4.74 Å². The van der Waals surface area contributed by atoms with Crippen LogP contribution in [0.2, 0.25) is 0 Å². The lowest BCUT2D eigenvalue weighted by atomic mass is 9.68. The molecule has 1 aromatic carbocycles. The smallest absolute Gasteiger partial charge is 0.382 e. The second-order valence-electron chi connectivity index (χ2n) is 5.76. The molecule has 1 aliphatic heterocycles. The van der Waals surface area contributed by atoms with Gasteiger partial charge >= 0.3 is 6.18 Å². The number of nitrogens with one attached hydrogen (secondary N) is 2. The molecule has 0 spiro atoms. The first kappa shape index (κ1) is 17.5. The number of aromatic nitrogens is 1. The van der Waals surface area contributed by atoms with Gasteiger partial charge in [-0.25, -0.2) is 4.39 Å². The number of benzene rings is 1. The van der Waals surface area contributed by atoms with Gasteiger partial charge in [0.15, 0.2) is 0 Å². The predicted octanol–water partition coefficient (Wildman–Crippen LogP) is 3.85. The maximum Gasteiger partial charge on any atom is 0.402 e. The van der Waals surface area contributed by atoms with Crippen molar-refractivity contribution in [3.8, 4) is 0 Å². The van der Waals surface area contributed by atoms with E-state index in [2.05, 4.69) is 10.3 Å². The van der Waals surface area contributed by atoms with Crippen molar-refractivity contribution in [2.45, 2.75) is 24.9 Å². The van der Waals surface area contributed by atoms with Crippen LogP contribution in [0.1, 0.15) is 24.5 Å². The SMILES string of the molecule is CCOCCC1(C(F)(F)F)c2cc(F)ccc2Nc2c1cc[nH]c2=O. The summed E-state index contributed by atoms with van der Waals surface area (Å²) >= 11 is 0. The Hall–Kier alpha value is -2.35. The highest BCUT2D eigenvalue weighted by Crippen LogP contribution is 2.55. The number of anilines is 2. The summed E-state index contributed by atoms with van der Waals surface area (Å²) in [5, 5.41) is 2.70. The lowest BCUT2D eigenvalue weighted by molar-refractivity contribution is -0.183. The van der Waals surface area contributed by atoms with E-state index in [1.165, 1.54) is 12.1 Å². The number of hydrogen-bond donors (Lipinski definition) is 2. The molecule has 0 bridgehead atoms. The molecule has 0 radical (unpaired) electrons. The summed E-state index contributed by atoms with van der Waals surface area (Å²) in [6, 6.07) is 4.34. The van der Waals surface area contributed by atoms with Gasteiger partial charge in [-0.1, -0.05) is 0 Å².